The molecule has 0 saturated heterocycles. The molecule has 0 spiro atoms. The first-order chi connectivity index (χ1) is 12.2. The summed E-state index contributed by atoms with van der Waals surface area (Å²) >= 11 is 2.27. The molecule has 0 amide bonds. The molecule has 0 aromatic heterocycles. The first-order valence-corrected chi connectivity index (χ1v) is 9.20. The van der Waals surface area contributed by atoms with Gasteiger partial charge in [-0.3, -0.25) is 0 Å². The Morgan fingerprint density at radius 2 is 1.60 bits per heavy atom. The van der Waals surface area contributed by atoms with Crippen molar-refractivity contribution < 1.29 is 18.9 Å². The summed E-state index contributed by atoms with van der Waals surface area (Å²) in [5.41, 5.74) is 1.08. The normalized spacial score (nSPS) is 10.8. The number of hydrogen-bond donors (Lipinski definition) is 0. The highest BCUT2D eigenvalue weighted by atomic mass is 127. The maximum Gasteiger partial charge on any atom is 0.161 e. The summed E-state index contributed by atoms with van der Waals surface area (Å²) in [5, 5.41) is 0. The third kappa shape index (κ3) is 6.96. The maximum absolute atomic E-state index is 5.72. The van der Waals surface area contributed by atoms with E-state index in [0.717, 1.165) is 22.8 Å². The summed E-state index contributed by atoms with van der Waals surface area (Å²) in [7, 11) is 1.64. The largest absolute Gasteiger partial charge is 0.493 e. The highest BCUT2D eigenvalue weighted by Gasteiger charge is 2.04. The first kappa shape index (κ1) is 19.6. The number of benzene rings is 2. The van der Waals surface area contributed by atoms with Crippen LogP contribution < -0.4 is 14.2 Å². The molecule has 134 valence electrons. The van der Waals surface area contributed by atoms with Gasteiger partial charge in [-0.1, -0.05) is 18.2 Å². The van der Waals surface area contributed by atoms with Crippen LogP contribution in [0, 0.1) is 3.57 Å². The Bertz CT molecular complexity index is 668. The summed E-state index contributed by atoms with van der Waals surface area (Å²) in [4.78, 5) is 0. The van der Waals surface area contributed by atoms with E-state index in [0.29, 0.717) is 26.4 Å². The molecule has 5 heteroatoms. The van der Waals surface area contributed by atoms with E-state index in [-0.39, 0.29) is 0 Å². The minimum Gasteiger partial charge on any atom is -0.493 e. The summed E-state index contributed by atoms with van der Waals surface area (Å²) in [6, 6.07) is 13.8. The number of ether oxygens (including phenoxy) is 4. The fourth-order valence-electron chi connectivity index (χ4n) is 2.16. The predicted molar refractivity (Wildman–Crippen MR) is 109 cm³/mol. The summed E-state index contributed by atoms with van der Waals surface area (Å²) < 4.78 is 23.4. The molecule has 0 radical (unpaired) electrons. The van der Waals surface area contributed by atoms with Gasteiger partial charge in [-0.15, -0.1) is 0 Å². The van der Waals surface area contributed by atoms with Crippen molar-refractivity contribution in [2.75, 3.05) is 33.5 Å². The third-order valence-electron chi connectivity index (χ3n) is 3.34. The molecule has 0 saturated carbocycles. The minimum atomic E-state index is 0.461. The fraction of sp³-hybridized carbons (Fsp3) is 0.300. The van der Waals surface area contributed by atoms with Crippen LogP contribution in [0.3, 0.4) is 0 Å². The Balaban J connectivity index is 1.65. The number of methoxy groups -OCH3 is 1. The molecule has 2 aromatic carbocycles. The van der Waals surface area contributed by atoms with Crippen molar-refractivity contribution >= 4 is 28.7 Å². The van der Waals surface area contributed by atoms with Gasteiger partial charge in [0.05, 0.1) is 20.3 Å². The Morgan fingerprint density at radius 1 is 0.880 bits per heavy atom. The van der Waals surface area contributed by atoms with E-state index in [2.05, 4.69) is 22.6 Å². The topological polar surface area (TPSA) is 36.9 Å². The Morgan fingerprint density at radius 3 is 2.28 bits per heavy atom. The predicted octanol–water partition coefficient (Wildman–Crippen LogP) is 4.81. The van der Waals surface area contributed by atoms with E-state index in [1.165, 1.54) is 3.57 Å². The van der Waals surface area contributed by atoms with Gasteiger partial charge in [0, 0.05) is 3.57 Å². The zero-order valence-corrected chi connectivity index (χ0v) is 16.7. The third-order valence-corrected chi connectivity index (χ3v) is 4.06. The highest BCUT2D eigenvalue weighted by molar-refractivity contribution is 14.1. The zero-order chi connectivity index (χ0) is 17.9. The van der Waals surface area contributed by atoms with Crippen molar-refractivity contribution in [3.8, 4) is 17.2 Å². The highest BCUT2D eigenvalue weighted by Crippen LogP contribution is 2.28. The molecule has 0 aliphatic carbocycles. The van der Waals surface area contributed by atoms with Crippen LogP contribution in [-0.4, -0.2) is 33.5 Å². The van der Waals surface area contributed by atoms with Crippen molar-refractivity contribution in [1.29, 1.82) is 0 Å². The van der Waals surface area contributed by atoms with E-state index in [1.54, 1.807) is 7.11 Å². The quantitative estimate of drug-likeness (QED) is 0.382. The van der Waals surface area contributed by atoms with Crippen LogP contribution in [-0.2, 0) is 4.74 Å². The van der Waals surface area contributed by atoms with Gasteiger partial charge in [0.2, 0.25) is 0 Å². The first-order valence-electron chi connectivity index (χ1n) is 8.12. The van der Waals surface area contributed by atoms with Gasteiger partial charge in [-0.05, 0) is 71.5 Å². The molecule has 0 unspecified atom stereocenters. The molecule has 4 nitrogen and oxygen atoms in total. The fourth-order valence-corrected chi connectivity index (χ4v) is 2.52. The average molecular weight is 454 g/mol. The van der Waals surface area contributed by atoms with Crippen LogP contribution in [0.1, 0.15) is 12.5 Å². The van der Waals surface area contributed by atoms with Gasteiger partial charge < -0.3 is 18.9 Å². The molecule has 0 heterocycles. The molecule has 25 heavy (non-hydrogen) atoms. The van der Waals surface area contributed by atoms with Crippen molar-refractivity contribution in [3.63, 3.8) is 0 Å². The van der Waals surface area contributed by atoms with Crippen LogP contribution in [0.25, 0.3) is 6.08 Å². The van der Waals surface area contributed by atoms with E-state index in [9.17, 15) is 0 Å². The van der Waals surface area contributed by atoms with E-state index < -0.39 is 0 Å². The van der Waals surface area contributed by atoms with Crippen LogP contribution >= 0.6 is 22.6 Å². The van der Waals surface area contributed by atoms with Gasteiger partial charge in [0.1, 0.15) is 19.0 Å². The second kappa shape index (κ2) is 11.0. The van der Waals surface area contributed by atoms with Gasteiger partial charge in [-0.25, -0.2) is 0 Å². The molecule has 0 atom stereocenters. The standard InChI is InChI=1S/C20H23IO4/c1-3-4-16-5-10-19(20(15-16)22-2)25-14-12-23-11-13-24-18-8-6-17(21)7-9-18/h3-10,15H,11-14H2,1-2H3. The summed E-state index contributed by atoms with van der Waals surface area (Å²) in [6.07, 6.45) is 4.00. The summed E-state index contributed by atoms with van der Waals surface area (Å²) in [6.45, 7) is 3.98. The van der Waals surface area contributed by atoms with Crippen molar-refractivity contribution in [2.45, 2.75) is 6.92 Å². The van der Waals surface area contributed by atoms with Gasteiger partial charge in [0.15, 0.2) is 11.5 Å². The number of hydrogen-bond acceptors (Lipinski definition) is 4. The van der Waals surface area contributed by atoms with Gasteiger partial charge >= 0.3 is 0 Å². The number of halogens is 1. The lowest BCUT2D eigenvalue weighted by Gasteiger charge is -2.12. The van der Waals surface area contributed by atoms with Crippen LogP contribution in [0.4, 0.5) is 0 Å². The monoisotopic (exact) mass is 454 g/mol. The second-order valence-corrected chi connectivity index (χ2v) is 6.42. The maximum atomic E-state index is 5.72. The van der Waals surface area contributed by atoms with Crippen LogP contribution in [0.15, 0.2) is 48.5 Å². The van der Waals surface area contributed by atoms with Gasteiger partial charge in [-0.2, -0.15) is 0 Å². The molecule has 0 aliphatic heterocycles. The lowest BCUT2D eigenvalue weighted by atomic mass is 10.2. The number of rotatable bonds is 10. The molecule has 2 rings (SSSR count). The summed E-state index contributed by atoms with van der Waals surface area (Å²) in [5.74, 6) is 2.29. The van der Waals surface area contributed by atoms with E-state index in [1.807, 2.05) is 61.5 Å². The van der Waals surface area contributed by atoms with Crippen molar-refractivity contribution in [2.24, 2.45) is 0 Å². The van der Waals surface area contributed by atoms with Crippen LogP contribution in [0.2, 0.25) is 0 Å². The van der Waals surface area contributed by atoms with E-state index in [4.69, 9.17) is 18.9 Å². The molecule has 2 aromatic rings. The molecular formula is C20H23IO4. The van der Waals surface area contributed by atoms with Crippen molar-refractivity contribution in [3.05, 3.63) is 57.7 Å². The molecular weight excluding hydrogens is 431 g/mol. The Labute approximate surface area is 162 Å². The smallest absolute Gasteiger partial charge is 0.161 e. The lowest BCUT2D eigenvalue weighted by Crippen LogP contribution is -2.12. The Hall–Kier alpha value is -1.73. The SMILES string of the molecule is CC=Cc1ccc(OCCOCCOc2ccc(I)cc2)c(OC)c1. The molecule has 0 N–H and O–H groups in total. The lowest BCUT2D eigenvalue weighted by molar-refractivity contribution is 0.0757. The van der Waals surface area contributed by atoms with Crippen molar-refractivity contribution in [1.82, 2.24) is 0 Å². The average Bonchev–Trinajstić information content (AvgIpc) is 2.63. The van der Waals surface area contributed by atoms with E-state index >= 15 is 0 Å². The number of allylic oxidation sites excluding steroid dienone is 1. The second-order valence-electron chi connectivity index (χ2n) is 5.17. The Kier molecular flexibility index (Phi) is 8.62. The van der Waals surface area contributed by atoms with Gasteiger partial charge in [0.25, 0.3) is 0 Å². The zero-order valence-electron chi connectivity index (χ0n) is 14.5. The van der Waals surface area contributed by atoms with Crippen LogP contribution in [0.5, 0.6) is 17.2 Å². The molecule has 0 aliphatic rings. The minimum absolute atomic E-state index is 0.461. The molecule has 0 bridgehead atoms. The molecule has 0 fully saturated rings.